The summed E-state index contributed by atoms with van der Waals surface area (Å²) in [6.45, 7) is 8.65. The first kappa shape index (κ1) is 28.9. The van der Waals surface area contributed by atoms with E-state index in [1.807, 2.05) is 13.8 Å². The Morgan fingerprint density at radius 2 is 1.82 bits per heavy atom. The van der Waals surface area contributed by atoms with E-state index in [9.17, 15) is 39.9 Å². The van der Waals surface area contributed by atoms with Crippen LogP contribution < -0.4 is 0 Å². The van der Waals surface area contributed by atoms with Gasteiger partial charge < -0.3 is 30.3 Å². The summed E-state index contributed by atoms with van der Waals surface area (Å²) in [5.41, 5.74) is -5.88. The molecule has 0 amide bonds. The highest BCUT2D eigenvalue weighted by molar-refractivity contribution is 5.96. The number of ether oxygens (including phenoxy) is 1. The molecule has 5 rings (SSSR count). The molecule has 0 aromatic heterocycles. The Kier molecular flexibility index (Phi) is 6.60. The molecule has 218 valence electrons. The van der Waals surface area contributed by atoms with Crippen LogP contribution in [0.1, 0.15) is 79.6 Å². The van der Waals surface area contributed by atoms with Crippen molar-refractivity contribution in [3.63, 3.8) is 0 Å². The second-order valence-corrected chi connectivity index (χ2v) is 14.1. The minimum atomic E-state index is -1.97. The summed E-state index contributed by atoms with van der Waals surface area (Å²) in [6.07, 6.45) is 1.06. The van der Waals surface area contributed by atoms with Crippen LogP contribution in [-0.2, 0) is 19.1 Å². The van der Waals surface area contributed by atoms with Gasteiger partial charge in [-0.25, -0.2) is 0 Å². The van der Waals surface area contributed by atoms with Crippen LogP contribution in [0, 0.1) is 40.4 Å². The van der Waals surface area contributed by atoms with E-state index < -0.39 is 57.5 Å². The van der Waals surface area contributed by atoms with Crippen molar-refractivity contribution in [3.05, 3.63) is 11.6 Å². The number of fused-ring (bicyclic) bond motifs is 5. The highest BCUT2D eigenvalue weighted by atomic mass is 16.5. The zero-order valence-corrected chi connectivity index (χ0v) is 23.6. The number of ketones is 2. The number of Topliss-reactive ketones (excluding diaryl/α,β-unsaturated/α-hetero) is 1. The molecule has 0 bridgehead atoms. The lowest BCUT2D eigenvalue weighted by molar-refractivity contribution is -0.191. The minimum absolute atomic E-state index is 0.0640. The summed E-state index contributed by atoms with van der Waals surface area (Å²) >= 11 is 0. The fraction of sp³-hybridized carbons (Fsp3) is 0.833. The quantitative estimate of drug-likeness (QED) is 0.320. The molecule has 0 spiro atoms. The fourth-order valence-corrected chi connectivity index (χ4v) is 9.37. The third kappa shape index (κ3) is 3.79. The molecule has 1 heterocycles. The standard InChI is InChI=1S/C30H44O9/c1-15-17(14-39-25(15)35)10-23(33)28(5,36)22-7-9-30(38)19-11-21(32)20-12-29(37,16(2)31)24(34)13-26(20,3)18(19)6-8-27(22,30)4/h11,15,17-18,20,22-24,33-34,36-38H,6-10,12-14H2,1-5H3/t15-,17+,18-,20-,22-,23+,24-,26+,27+,28+,29-,30+/m0/s1. The lowest BCUT2D eigenvalue weighted by Gasteiger charge is -2.61. The number of esters is 1. The van der Waals surface area contributed by atoms with Gasteiger partial charge in [0.15, 0.2) is 11.6 Å². The van der Waals surface area contributed by atoms with Crippen molar-refractivity contribution in [2.24, 2.45) is 40.4 Å². The van der Waals surface area contributed by atoms with Crippen LogP contribution in [0.25, 0.3) is 0 Å². The van der Waals surface area contributed by atoms with E-state index in [0.29, 0.717) is 31.3 Å². The van der Waals surface area contributed by atoms with E-state index in [-0.39, 0.29) is 55.4 Å². The summed E-state index contributed by atoms with van der Waals surface area (Å²) in [5, 5.41) is 57.2. The Hall–Kier alpha value is -1.65. The highest BCUT2D eigenvalue weighted by Crippen LogP contribution is 2.69. The van der Waals surface area contributed by atoms with Gasteiger partial charge in [-0.15, -0.1) is 0 Å². The Bertz CT molecular complexity index is 1110. The second kappa shape index (κ2) is 8.92. The number of allylic oxidation sites excluding steroid dienone is 1. The zero-order chi connectivity index (χ0) is 28.9. The third-order valence-electron chi connectivity index (χ3n) is 12.3. The molecule has 12 atom stereocenters. The Balaban J connectivity index is 1.45. The summed E-state index contributed by atoms with van der Waals surface area (Å²) in [6, 6.07) is 0. The maximum absolute atomic E-state index is 13.6. The number of hydrogen-bond acceptors (Lipinski definition) is 9. The number of carbonyl (C=O) groups excluding carboxylic acids is 3. The largest absolute Gasteiger partial charge is 0.465 e. The summed E-state index contributed by atoms with van der Waals surface area (Å²) < 4.78 is 5.13. The van der Waals surface area contributed by atoms with E-state index in [2.05, 4.69) is 0 Å². The lowest BCUT2D eigenvalue weighted by Crippen LogP contribution is -2.65. The minimum Gasteiger partial charge on any atom is -0.465 e. The molecule has 0 aromatic rings. The molecule has 9 heteroatoms. The van der Waals surface area contributed by atoms with Crippen LogP contribution in [0.4, 0.5) is 0 Å². The Morgan fingerprint density at radius 1 is 1.15 bits per heavy atom. The zero-order valence-electron chi connectivity index (χ0n) is 23.6. The van der Waals surface area contributed by atoms with Gasteiger partial charge in [0.05, 0.1) is 35.9 Å². The molecule has 5 N–H and O–H groups in total. The summed E-state index contributed by atoms with van der Waals surface area (Å²) in [5.74, 6) is -3.05. The van der Waals surface area contributed by atoms with Crippen molar-refractivity contribution in [1.29, 1.82) is 0 Å². The van der Waals surface area contributed by atoms with Crippen LogP contribution in [0.5, 0.6) is 0 Å². The molecule has 0 unspecified atom stereocenters. The van der Waals surface area contributed by atoms with E-state index in [1.165, 1.54) is 13.0 Å². The monoisotopic (exact) mass is 548 g/mol. The van der Waals surface area contributed by atoms with Crippen molar-refractivity contribution >= 4 is 17.5 Å². The van der Waals surface area contributed by atoms with E-state index in [4.69, 9.17) is 4.74 Å². The molecule has 5 aliphatic rings. The number of aliphatic hydroxyl groups excluding tert-OH is 2. The number of rotatable bonds is 5. The SMILES string of the molecule is CC(=O)[C@@]1(O)C[C@H]2C(=O)C=C3[C@H](CC[C@]4(C)[C@@H]([C@@](C)(O)[C@H](O)C[C@@H]5COC(=O)[C@H]5C)CC[C@@]34O)[C@@]2(C)C[C@@H]1O. The molecule has 1 aliphatic heterocycles. The Labute approximate surface area is 229 Å². The van der Waals surface area contributed by atoms with Crippen LogP contribution >= 0.6 is 0 Å². The van der Waals surface area contributed by atoms with Gasteiger partial charge in [-0.2, -0.15) is 0 Å². The topological polar surface area (TPSA) is 162 Å². The number of carbonyl (C=O) groups is 3. The molecule has 39 heavy (non-hydrogen) atoms. The van der Waals surface area contributed by atoms with Crippen LogP contribution in [0.3, 0.4) is 0 Å². The molecule has 0 aromatic carbocycles. The van der Waals surface area contributed by atoms with E-state index in [1.54, 1.807) is 13.8 Å². The maximum Gasteiger partial charge on any atom is 0.309 e. The summed E-state index contributed by atoms with van der Waals surface area (Å²) in [7, 11) is 0. The van der Waals surface area contributed by atoms with Gasteiger partial charge in [-0.1, -0.05) is 20.8 Å². The van der Waals surface area contributed by atoms with Crippen LogP contribution in [0.15, 0.2) is 11.6 Å². The Morgan fingerprint density at radius 3 is 2.41 bits per heavy atom. The van der Waals surface area contributed by atoms with Crippen molar-refractivity contribution in [1.82, 2.24) is 0 Å². The van der Waals surface area contributed by atoms with Crippen molar-refractivity contribution < 1.29 is 44.7 Å². The summed E-state index contributed by atoms with van der Waals surface area (Å²) in [4.78, 5) is 37.6. The van der Waals surface area contributed by atoms with Gasteiger partial charge in [-0.3, -0.25) is 14.4 Å². The maximum atomic E-state index is 13.6. The predicted molar refractivity (Wildman–Crippen MR) is 139 cm³/mol. The van der Waals surface area contributed by atoms with Gasteiger partial charge in [-0.05, 0) is 87.7 Å². The smallest absolute Gasteiger partial charge is 0.309 e. The predicted octanol–water partition coefficient (Wildman–Crippen LogP) is 1.46. The van der Waals surface area contributed by atoms with Crippen molar-refractivity contribution in [2.75, 3.05) is 6.61 Å². The molecule has 4 fully saturated rings. The first-order valence-corrected chi connectivity index (χ1v) is 14.4. The lowest BCUT2D eigenvalue weighted by atomic mass is 9.44. The molecule has 9 nitrogen and oxygen atoms in total. The van der Waals surface area contributed by atoms with Gasteiger partial charge >= 0.3 is 5.97 Å². The van der Waals surface area contributed by atoms with Crippen molar-refractivity contribution in [3.8, 4) is 0 Å². The van der Waals surface area contributed by atoms with E-state index in [0.717, 1.165) is 0 Å². The first-order valence-electron chi connectivity index (χ1n) is 14.4. The van der Waals surface area contributed by atoms with Gasteiger partial charge in [0.2, 0.25) is 0 Å². The third-order valence-corrected chi connectivity index (χ3v) is 12.3. The highest BCUT2D eigenvalue weighted by Gasteiger charge is 2.70. The normalized spacial score (nSPS) is 49.7. The molecule has 1 saturated heterocycles. The molecule has 4 aliphatic carbocycles. The van der Waals surface area contributed by atoms with Gasteiger partial charge in [0.1, 0.15) is 5.60 Å². The first-order chi connectivity index (χ1) is 17.9. The molecular formula is C30H44O9. The average molecular weight is 549 g/mol. The molecule has 3 saturated carbocycles. The van der Waals surface area contributed by atoms with Crippen molar-refractivity contribution in [2.45, 2.75) is 109 Å². The second-order valence-electron chi connectivity index (χ2n) is 14.1. The average Bonchev–Trinajstić information content (AvgIpc) is 3.31. The van der Waals surface area contributed by atoms with Crippen LogP contribution in [-0.4, -0.2) is 78.7 Å². The van der Waals surface area contributed by atoms with E-state index >= 15 is 0 Å². The molecular weight excluding hydrogens is 504 g/mol. The molecule has 0 radical (unpaired) electrons. The van der Waals surface area contributed by atoms with Gasteiger partial charge in [0.25, 0.3) is 0 Å². The van der Waals surface area contributed by atoms with Gasteiger partial charge in [0, 0.05) is 17.3 Å². The number of aliphatic hydroxyl groups is 5. The number of hydrogen-bond donors (Lipinski definition) is 5. The number of cyclic esters (lactones) is 1. The van der Waals surface area contributed by atoms with Crippen LogP contribution in [0.2, 0.25) is 0 Å². The fourth-order valence-electron chi connectivity index (χ4n) is 9.37.